The van der Waals surface area contributed by atoms with Gasteiger partial charge in [-0.15, -0.1) is 0 Å². The number of carbonyl (C=O) groups is 2. The Morgan fingerprint density at radius 2 is 1.90 bits per heavy atom. The first kappa shape index (κ1) is 20.7. The number of nitrogens with one attached hydrogen (secondary N) is 1. The molecule has 0 spiro atoms. The van der Waals surface area contributed by atoms with Crippen molar-refractivity contribution in [2.24, 2.45) is 7.05 Å². The second-order valence-corrected chi connectivity index (χ2v) is 6.65. The third-order valence-electron chi connectivity index (χ3n) is 4.51. The number of hydrogen-bond donors (Lipinski definition) is 1. The molecule has 0 aliphatic carbocycles. The van der Waals surface area contributed by atoms with Crippen molar-refractivity contribution in [3.05, 3.63) is 70.3 Å². The molecule has 1 heterocycles. The van der Waals surface area contributed by atoms with E-state index in [1.807, 2.05) is 6.07 Å². The van der Waals surface area contributed by atoms with Crippen LogP contribution in [0.4, 0.5) is 5.69 Å². The Kier molecular flexibility index (Phi) is 6.55. The molecule has 0 aliphatic heterocycles. The fourth-order valence-electron chi connectivity index (χ4n) is 2.91. The van der Waals surface area contributed by atoms with Crippen LogP contribution in [-0.4, -0.2) is 28.0 Å². The Bertz CT molecular complexity index is 1180. The zero-order valence-electron chi connectivity index (χ0n) is 16.4. The SMILES string of the molecule is Cn1c(CCC(=O)OCC(=O)Nc2ccc(CC#N)cc2)nc2ccccc2c1=O. The number of rotatable bonds is 7. The Balaban J connectivity index is 1.51. The predicted molar refractivity (Wildman–Crippen MR) is 111 cm³/mol. The number of amides is 1. The van der Waals surface area contributed by atoms with E-state index in [0.29, 0.717) is 28.8 Å². The van der Waals surface area contributed by atoms with Gasteiger partial charge in [-0.05, 0) is 29.8 Å². The number of aryl methyl sites for hydroxylation is 1. The van der Waals surface area contributed by atoms with Gasteiger partial charge in [0.05, 0.1) is 29.8 Å². The van der Waals surface area contributed by atoms with E-state index >= 15 is 0 Å². The van der Waals surface area contributed by atoms with Gasteiger partial charge in [0.15, 0.2) is 6.61 Å². The highest BCUT2D eigenvalue weighted by molar-refractivity contribution is 5.92. The van der Waals surface area contributed by atoms with Crippen LogP contribution in [0.25, 0.3) is 10.9 Å². The van der Waals surface area contributed by atoms with Crippen LogP contribution in [0.15, 0.2) is 53.3 Å². The first-order valence-corrected chi connectivity index (χ1v) is 9.34. The largest absolute Gasteiger partial charge is 0.456 e. The number of ether oxygens (including phenoxy) is 1. The number of anilines is 1. The normalized spacial score (nSPS) is 10.4. The minimum atomic E-state index is -0.558. The van der Waals surface area contributed by atoms with Crippen LogP contribution in [0.3, 0.4) is 0 Å². The van der Waals surface area contributed by atoms with E-state index in [-0.39, 0.29) is 18.4 Å². The summed E-state index contributed by atoms with van der Waals surface area (Å²) in [6.45, 7) is -0.414. The summed E-state index contributed by atoms with van der Waals surface area (Å²) in [5.74, 6) is -0.554. The van der Waals surface area contributed by atoms with E-state index in [0.717, 1.165) is 5.56 Å². The Morgan fingerprint density at radius 3 is 2.63 bits per heavy atom. The Morgan fingerprint density at radius 1 is 1.17 bits per heavy atom. The highest BCUT2D eigenvalue weighted by Gasteiger charge is 2.12. The van der Waals surface area contributed by atoms with Gasteiger partial charge >= 0.3 is 5.97 Å². The molecule has 3 aromatic rings. The van der Waals surface area contributed by atoms with Crippen molar-refractivity contribution in [2.45, 2.75) is 19.3 Å². The summed E-state index contributed by atoms with van der Waals surface area (Å²) < 4.78 is 6.42. The number of nitrogens with zero attached hydrogens (tertiary/aromatic N) is 3. The van der Waals surface area contributed by atoms with Gasteiger partial charge in [0.2, 0.25) is 0 Å². The van der Waals surface area contributed by atoms with Crippen LogP contribution in [0.2, 0.25) is 0 Å². The molecule has 0 radical (unpaired) electrons. The van der Waals surface area contributed by atoms with Gasteiger partial charge in [-0.2, -0.15) is 5.26 Å². The molecule has 152 valence electrons. The van der Waals surface area contributed by atoms with Crippen molar-refractivity contribution in [3.63, 3.8) is 0 Å². The van der Waals surface area contributed by atoms with Gasteiger partial charge in [-0.1, -0.05) is 24.3 Å². The average Bonchev–Trinajstić information content (AvgIpc) is 2.75. The molecular formula is C22H20N4O4. The number of para-hydroxylation sites is 1. The summed E-state index contributed by atoms with van der Waals surface area (Å²) in [5.41, 5.74) is 1.79. The number of benzene rings is 2. The Hall–Kier alpha value is -3.99. The molecule has 0 unspecified atom stereocenters. The van der Waals surface area contributed by atoms with Gasteiger partial charge < -0.3 is 10.1 Å². The lowest BCUT2D eigenvalue weighted by Crippen LogP contribution is -2.24. The highest BCUT2D eigenvalue weighted by atomic mass is 16.5. The maximum absolute atomic E-state index is 12.4. The van der Waals surface area contributed by atoms with E-state index in [1.165, 1.54) is 4.57 Å². The maximum atomic E-state index is 12.4. The van der Waals surface area contributed by atoms with Crippen LogP contribution < -0.4 is 10.9 Å². The predicted octanol–water partition coefficient (Wildman–Crippen LogP) is 2.11. The molecule has 0 atom stereocenters. The van der Waals surface area contributed by atoms with Gasteiger partial charge in [0.1, 0.15) is 5.82 Å². The first-order valence-electron chi connectivity index (χ1n) is 9.34. The molecule has 8 nitrogen and oxygen atoms in total. The van der Waals surface area contributed by atoms with Crippen molar-refractivity contribution in [2.75, 3.05) is 11.9 Å². The molecule has 0 aliphatic rings. The van der Waals surface area contributed by atoms with Crippen molar-refractivity contribution >= 4 is 28.5 Å². The van der Waals surface area contributed by atoms with Gasteiger partial charge in [-0.3, -0.25) is 19.0 Å². The topological polar surface area (TPSA) is 114 Å². The summed E-state index contributed by atoms with van der Waals surface area (Å²) in [7, 11) is 1.61. The average molecular weight is 404 g/mol. The van der Waals surface area contributed by atoms with Gasteiger partial charge in [-0.25, -0.2) is 4.98 Å². The zero-order chi connectivity index (χ0) is 21.5. The third-order valence-corrected chi connectivity index (χ3v) is 4.51. The number of fused-ring (bicyclic) bond motifs is 1. The minimum absolute atomic E-state index is 0.00520. The van der Waals surface area contributed by atoms with E-state index < -0.39 is 18.5 Å². The Labute approximate surface area is 172 Å². The van der Waals surface area contributed by atoms with E-state index in [2.05, 4.69) is 10.3 Å². The number of carbonyl (C=O) groups excluding carboxylic acids is 2. The summed E-state index contributed by atoms with van der Waals surface area (Å²) >= 11 is 0. The number of aromatic nitrogens is 2. The lowest BCUT2D eigenvalue weighted by Gasteiger charge is -2.09. The second kappa shape index (κ2) is 9.47. The van der Waals surface area contributed by atoms with Gasteiger partial charge in [0.25, 0.3) is 11.5 Å². The van der Waals surface area contributed by atoms with E-state index in [4.69, 9.17) is 10.00 Å². The molecule has 30 heavy (non-hydrogen) atoms. The van der Waals surface area contributed by atoms with Crippen LogP contribution in [0.5, 0.6) is 0 Å². The number of nitriles is 1. The number of hydrogen-bond acceptors (Lipinski definition) is 6. The standard InChI is InChI=1S/C22H20N4O4/c1-26-19(25-18-5-3-2-4-17(18)22(26)29)10-11-21(28)30-14-20(27)24-16-8-6-15(7-9-16)12-13-23/h2-9H,10-12,14H2,1H3,(H,24,27). The van der Waals surface area contributed by atoms with Crippen LogP contribution in [0, 0.1) is 11.3 Å². The third kappa shape index (κ3) is 5.08. The molecule has 1 aromatic heterocycles. The van der Waals surface area contributed by atoms with E-state index in [1.54, 1.807) is 55.6 Å². The van der Waals surface area contributed by atoms with E-state index in [9.17, 15) is 14.4 Å². The van der Waals surface area contributed by atoms with Crippen LogP contribution >= 0.6 is 0 Å². The zero-order valence-corrected chi connectivity index (χ0v) is 16.4. The minimum Gasteiger partial charge on any atom is -0.456 e. The molecule has 0 fully saturated rings. The quantitative estimate of drug-likeness (QED) is 0.603. The fourth-order valence-corrected chi connectivity index (χ4v) is 2.91. The molecule has 3 rings (SSSR count). The molecule has 8 heteroatoms. The molecule has 0 bridgehead atoms. The van der Waals surface area contributed by atoms with Crippen molar-refractivity contribution in [3.8, 4) is 6.07 Å². The molecule has 2 aromatic carbocycles. The monoisotopic (exact) mass is 404 g/mol. The molecule has 0 saturated carbocycles. The second-order valence-electron chi connectivity index (χ2n) is 6.65. The summed E-state index contributed by atoms with van der Waals surface area (Å²) in [6.07, 6.45) is 0.510. The lowest BCUT2D eigenvalue weighted by atomic mass is 10.1. The molecular weight excluding hydrogens is 384 g/mol. The van der Waals surface area contributed by atoms with Crippen molar-refractivity contribution in [1.29, 1.82) is 5.26 Å². The van der Waals surface area contributed by atoms with Crippen molar-refractivity contribution in [1.82, 2.24) is 9.55 Å². The van der Waals surface area contributed by atoms with Crippen LogP contribution in [-0.2, 0) is 34.2 Å². The number of esters is 1. The lowest BCUT2D eigenvalue weighted by molar-refractivity contribution is -0.147. The van der Waals surface area contributed by atoms with Crippen molar-refractivity contribution < 1.29 is 14.3 Å². The van der Waals surface area contributed by atoms with Gasteiger partial charge in [0, 0.05) is 19.2 Å². The molecule has 0 saturated heterocycles. The highest BCUT2D eigenvalue weighted by Crippen LogP contribution is 2.10. The van der Waals surface area contributed by atoms with Crippen LogP contribution in [0.1, 0.15) is 17.8 Å². The summed E-state index contributed by atoms with van der Waals surface area (Å²) in [4.78, 5) is 40.8. The summed E-state index contributed by atoms with van der Waals surface area (Å²) in [6, 6.07) is 15.9. The maximum Gasteiger partial charge on any atom is 0.306 e. The summed E-state index contributed by atoms with van der Waals surface area (Å²) in [5, 5.41) is 11.8. The fraction of sp³-hybridized carbons (Fsp3) is 0.227. The first-order chi connectivity index (χ1) is 14.5. The molecule has 1 amide bonds. The molecule has 1 N–H and O–H groups in total. The smallest absolute Gasteiger partial charge is 0.306 e.